The Morgan fingerprint density at radius 1 is 1.24 bits per heavy atom. The van der Waals surface area contributed by atoms with Crippen LogP contribution in [0.15, 0.2) is 0 Å². The van der Waals surface area contributed by atoms with Crippen molar-refractivity contribution in [1.29, 1.82) is 0 Å². The molecular weight excluding hydrogens is 274 g/mol. The normalized spacial score (nSPS) is 18.9. The highest BCUT2D eigenvalue weighted by molar-refractivity contribution is 5.78. The lowest BCUT2D eigenvalue weighted by Gasteiger charge is -2.30. The first kappa shape index (κ1) is 17.4. The number of hydrogen-bond acceptors (Lipinski definition) is 5. The zero-order valence-electron chi connectivity index (χ0n) is 12.8. The second-order valence-corrected chi connectivity index (χ2v) is 5.16. The Balaban J connectivity index is 2.25. The molecule has 1 aliphatic rings. The Morgan fingerprint density at radius 2 is 1.95 bits per heavy atom. The molecule has 1 heterocycles. The van der Waals surface area contributed by atoms with Crippen LogP contribution >= 0.6 is 0 Å². The minimum Gasteiger partial charge on any atom is -0.466 e. The second-order valence-electron chi connectivity index (χ2n) is 5.16. The van der Waals surface area contributed by atoms with Gasteiger partial charge in [0.15, 0.2) is 0 Å². The van der Waals surface area contributed by atoms with E-state index >= 15 is 0 Å². The lowest BCUT2D eigenvalue weighted by Crippen LogP contribution is -2.45. The lowest BCUT2D eigenvalue weighted by atomic mass is 9.98. The first-order valence-electron chi connectivity index (χ1n) is 7.43. The Bertz CT molecular complexity index is 373. The number of hydrogen-bond donors (Lipinski definition) is 2. The zero-order valence-corrected chi connectivity index (χ0v) is 12.8. The third-order valence-corrected chi connectivity index (χ3v) is 3.31. The molecular formula is C14H25N3O4. The van der Waals surface area contributed by atoms with Gasteiger partial charge in [0.2, 0.25) is 11.8 Å². The average Bonchev–Trinajstić information content (AvgIpc) is 2.44. The van der Waals surface area contributed by atoms with Gasteiger partial charge in [-0.25, -0.2) is 0 Å². The van der Waals surface area contributed by atoms with Crippen molar-refractivity contribution in [3.63, 3.8) is 0 Å². The van der Waals surface area contributed by atoms with E-state index in [1.54, 1.807) is 6.92 Å². The lowest BCUT2D eigenvalue weighted by molar-refractivity contribution is -0.150. The number of likely N-dealkylation sites (tertiary alicyclic amines) is 1. The van der Waals surface area contributed by atoms with Gasteiger partial charge in [0, 0.05) is 26.6 Å². The van der Waals surface area contributed by atoms with E-state index in [1.807, 2.05) is 4.90 Å². The standard InChI is InChI=1S/C14H25N3O4/c1-3-21-14(20)12-5-4-8-17(9-12)10-13(19)16-7-6-15-11(2)18/h12H,3-10H2,1-2H3,(H,15,18)(H,16,19)/t12-/m1/s1. The van der Waals surface area contributed by atoms with Gasteiger partial charge in [-0.3, -0.25) is 19.3 Å². The predicted molar refractivity (Wildman–Crippen MR) is 77.5 cm³/mol. The van der Waals surface area contributed by atoms with Crippen molar-refractivity contribution in [2.45, 2.75) is 26.7 Å². The van der Waals surface area contributed by atoms with Crippen LogP contribution in [0.25, 0.3) is 0 Å². The molecule has 1 fully saturated rings. The fourth-order valence-corrected chi connectivity index (χ4v) is 2.35. The molecule has 2 N–H and O–H groups in total. The second kappa shape index (κ2) is 9.33. The van der Waals surface area contributed by atoms with Crippen LogP contribution in [-0.4, -0.2) is 62.0 Å². The average molecular weight is 299 g/mol. The third-order valence-electron chi connectivity index (χ3n) is 3.31. The maximum Gasteiger partial charge on any atom is 0.310 e. The largest absolute Gasteiger partial charge is 0.466 e. The molecule has 0 spiro atoms. The quantitative estimate of drug-likeness (QED) is 0.489. The summed E-state index contributed by atoms with van der Waals surface area (Å²) in [5.74, 6) is -0.512. The number of carbonyl (C=O) groups excluding carboxylic acids is 3. The molecule has 0 saturated carbocycles. The summed E-state index contributed by atoms with van der Waals surface area (Å²) >= 11 is 0. The van der Waals surface area contributed by atoms with Crippen molar-refractivity contribution in [1.82, 2.24) is 15.5 Å². The molecule has 0 unspecified atom stereocenters. The number of nitrogens with one attached hydrogen (secondary N) is 2. The summed E-state index contributed by atoms with van der Waals surface area (Å²) in [5, 5.41) is 5.36. The van der Waals surface area contributed by atoms with Gasteiger partial charge in [-0.15, -0.1) is 0 Å². The summed E-state index contributed by atoms with van der Waals surface area (Å²) in [6.45, 7) is 6.11. The molecule has 120 valence electrons. The highest BCUT2D eigenvalue weighted by atomic mass is 16.5. The number of piperidine rings is 1. The number of ether oxygens (including phenoxy) is 1. The van der Waals surface area contributed by atoms with Crippen LogP contribution in [0.3, 0.4) is 0 Å². The van der Waals surface area contributed by atoms with Crippen LogP contribution in [0.5, 0.6) is 0 Å². The third kappa shape index (κ3) is 7.08. The molecule has 1 atom stereocenters. The molecule has 1 aliphatic heterocycles. The zero-order chi connectivity index (χ0) is 15.7. The Morgan fingerprint density at radius 3 is 2.62 bits per heavy atom. The van der Waals surface area contributed by atoms with Gasteiger partial charge in [-0.05, 0) is 26.3 Å². The van der Waals surface area contributed by atoms with Crippen LogP contribution in [0.2, 0.25) is 0 Å². The van der Waals surface area contributed by atoms with E-state index in [0.717, 1.165) is 19.4 Å². The number of rotatable bonds is 7. The molecule has 0 aliphatic carbocycles. The minimum absolute atomic E-state index is 0.0927. The topological polar surface area (TPSA) is 87.7 Å². The maximum absolute atomic E-state index is 11.8. The summed E-state index contributed by atoms with van der Waals surface area (Å²) in [6.07, 6.45) is 1.71. The predicted octanol–water partition coefficient (Wildman–Crippen LogP) is -0.486. The molecule has 1 rings (SSSR count). The van der Waals surface area contributed by atoms with Gasteiger partial charge in [0.1, 0.15) is 0 Å². The van der Waals surface area contributed by atoms with Crippen molar-refractivity contribution in [3.05, 3.63) is 0 Å². The molecule has 21 heavy (non-hydrogen) atoms. The number of esters is 1. The Hall–Kier alpha value is -1.63. The van der Waals surface area contributed by atoms with E-state index < -0.39 is 0 Å². The van der Waals surface area contributed by atoms with Crippen LogP contribution in [0.1, 0.15) is 26.7 Å². The van der Waals surface area contributed by atoms with E-state index in [-0.39, 0.29) is 30.2 Å². The van der Waals surface area contributed by atoms with Gasteiger partial charge in [-0.2, -0.15) is 0 Å². The van der Waals surface area contributed by atoms with Crippen molar-refractivity contribution in [2.24, 2.45) is 5.92 Å². The van der Waals surface area contributed by atoms with E-state index in [1.165, 1.54) is 6.92 Å². The van der Waals surface area contributed by atoms with Gasteiger partial charge in [-0.1, -0.05) is 0 Å². The first-order valence-corrected chi connectivity index (χ1v) is 7.43. The van der Waals surface area contributed by atoms with E-state index in [4.69, 9.17) is 4.74 Å². The number of carbonyl (C=O) groups is 3. The molecule has 0 bridgehead atoms. The van der Waals surface area contributed by atoms with Crippen LogP contribution in [-0.2, 0) is 19.1 Å². The Labute approximate surface area is 125 Å². The summed E-state index contributed by atoms with van der Waals surface area (Å²) in [7, 11) is 0. The van der Waals surface area contributed by atoms with Gasteiger partial charge >= 0.3 is 5.97 Å². The van der Waals surface area contributed by atoms with Gasteiger partial charge in [0.25, 0.3) is 0 Å². The van der Waals surface area contributed by atoms with E-state index in [2.05, 4.69) is 10.6 Å². The van der Waals surface area contributed by atoms with Crippen LogP contribution in [0, 0.1) is 5.92 Å². The minimum atomic E-state index is -0.173. The molecule has 2 amide bonds. The summed E-state index contributed by atoms with van der Waals surface area (Å²) < 4.78 is 5.03. The molecule has 0 aromatic heterocycles. The monoisotopic (exact) mass is 299 g/mol. The highest BCUT2D eigenvalue weighted by Crippen LogP contribution is 2.17. The summed E-state index contributed by atoms with van der Waals surface area (Å²) in [5.41, 5.74) is 0. The van der Waals surface area contributed by atoms with E-state index in [0.29, 0.717) is 26.2 Å². The molecule has 7 heteroatoms. The maximum atomic E-state index is 11.8. The van der Waals surface area contributed by atoms with Gasteiger partial charge in [0.05, 0.1) is 19.1 Å². The summed E-state index contributed by atoms with van der Waals surface area (Å²) in [6, 6.07) is 0. The summed E-state index contributed by atoms with van der Waals surface area (Å²) in [4.78, 5) is 36.1. The van der Waals surface area contributed by atoms with E-state index in [9.17, 15) is 14.4 Å². The fourth-order valence-electron chi connectivity index (χ4n) is 2.35. The fraction of sp³-hybridized carbons (Fsp3) is 0.786. The smallest absolute Gasteiger partial charge is 0.310 e. The van der Waals surface area contributed by atoms with Crippen molar-refractivity contribution in [2.75, 3.05) is 39.3 Å². The Kier molecular flexibility index (Phi) is 7.74. The molecule has 1 saturated heterocycles. The van der Waals surface area contributed by atoms with Gasteiger partial charge < -0.3 is 15.4 Å². The molecule has 0 aromatic carbocycles. The number of nitrogens with zero attached hydrogens (tertiary/aromatic N) is 1. The molecule has 0 aromatic rings. The van der Waals surface area contributed by atoms with Crippen molar-refractivity contribution in [3.8, 4) is 0 Å². The van der Waals surface area contributed by atoms with Crippen LogP contribution < -0.4 is 10.6 Å². The molecule has 7 nitrogen and oxygen atoms in total. The number of amides is 2. The van der Waals surface area contributed by atoms with Crippen LogP contribution in [0.4, 0.5) is 0 Å². The van der Waals surface area contributed by atoms with Crippen molar-refractivity contribution < 1.29 is 19.1 Å². The SMILES string of the molecule is CCOC(=O)[C@@H]1CCCN(CC(=O)NCCNC(C)=O)C1. The van der Waals surface area contributed by atoms with Crippen molar-refractivity contribution >= 4 is 17.8 Å². The first-order chi connectivity index (χ1) is 10.0. The highest BCUT2D eigenvalue weighted by Gasteiger charge is 2.27. The molecule has 0 radical (unpaired) electrons.